The summed E-state index contributed by atoms with van der Waals surface area (Å²) in [7, 11) is 0. The Balaban J connectivity index is 1.63. The van der Waals surface area contributed by atoms with Crippen LogP contribution >= 0.6 is 0 Å². The third kappa shape index (κ3) is 4.23. The molecular weight excluding hydrogens is 445 g/mol. The van der Waals surface area contributed by atoms with Gasteiger partial charge in [-0.1, -0.05) is 32.9 Å². The van der Waals surface area contributed by atoms with E-state index in [2.05, 4.69) is 48.0 Å². The average molecular weight is 474 g/mol. The van der Waals surface area contributed by atoms with Gasteiger partial charge in [0.15, 0.2) is 11.5 Å². The molecule has 3 aromatic heterocycles. The molecule has 0 aliphatic carbocycles. The van der Waals surface area contributed by atoms with E-state index in [-0.39, 0.29) is 29.3 Å². The monoisotopic (exact) mass is 473 g/mol. The first-order chi connectivity index (χ1) is 16.8. The SMILES string of the molecule is C=CCn1c(=O)c2cnc(Nc3cc(F)c4c(c3)CCNC4)nc2n1-c1cccc(C(C)(C)C)n1. The zero-order valence-corrected chi connectivity index (χ0v) is 20.1. The summed E-state index contributed by atoms with van der Waals surface area (Å²) < 4.78 is 17.9. The number of fused-ring (bicyclic) bond motifs is 2. The van der Waals surface area contributed by atoms with Gasteiger partial charge in [0.25, 0.3) is 5.56 Å². The van der Waals surface area contributed by atoms with Gasteiger partial charge >= 0.3 is 0 Å². The second kappa shape index (κ2) is 8.74. The summed E-state index contributed by atoms with van der Waals surface area (Å²) in [4.78, 5) is 27.0. The highest BCUT2D eigenvalue weighted by molar-refractivity contribution is 5.77. The van der Waals surface area contributed by atoms with Crippen molar-refractivity contribution in [2.45, 2.75) is 45.7 Å². The molecule has 0 radical (unpaired) electrons. The zero-order chi connectivity index (χ0) is 24.7. The number of nitrogens with zero attached hydrogens (tertiary/aromatic N) is 5. The summed E-state index contributed by atoms with van der Waals surface area (Å²) in [5, 5.41) is 6.67. The first-order valence-corrected chi connectivity index (χ1v) is 11.6. The van der Waals surface area contributed by atoms with Crippen molar-refractivity contribution in [3.8, 4) is 5.82 Å². The van der Waals surface area contributed by atoms with Gasteiger partial charge in [0, 0.05) is 35.1 Å². The molecule has 4 heterocycles. The lowest BCUT2D eigenvalue weighted by Gasteiger charge is -2.19. The molecule has 5 rings (SSSR count). The molecule has 4 aromatic rings. The third-order valence-electron chi connectivity index (χ3n) is 6.11. The van der Waals surface area contributed by atoms with E-state index in [1.54, 1.807) is 10.8 Å². The number of halogens is 1. The van der Waals surface area contributed by atoms with E-state index >= 15 is 0 Å². The van der Waals surface area contributed by atoms with E-state index in [1.165, 1.54) is 16.9 Å². The molecule has 0 fully saturated rings. The molecule has 9 heteroatoms. The maximum Gasteiger partial charge on any atom is 0.278 e. The predicted octanol–water partition coefficient (Wildman–Crippen LogP) is 3.99. The Hall–Kier alpha value is -3.85. The van der Waals surface area contributed by atoms with Crippen LogP contribution in [0.3, 0.4) is 0 Å². The predicted molar refractivity (Wildman–Crippen MR) is 135 cm³/mol. The first kappa shape index (κ1) is 22.9. The fourth-order valence-electron chi connectivity index (χ4n) is 4.32. The molecule has 0 bridgehead atoms. The van der Waals surface area contributed by atoms with Crippen molar-refractivity contribution in [1.29, 1.82) is 0 Å². The van der Waals surface area contributed by atoms with Gasteiger partial charge in [-0.05, 0) is 42.8 Å². The number of nitrogens with one attached hydrogen (secondary N) is 2. The van der Waals surface area contributed by atoms with Crippen LogP contribution in [0, 0.1) is 5.82 Å². The lowest BCUT2D eigenvalue weighted by atomic mass is 9.92. The molecule has 0 amide bonds. The Morgan fingerprint density at radius 3 is 2.86 bits per heavy atom. The van der Waals surface area contributed by atoms with Crippen LogP contribution in [0.1, 0.15) is 37.6 Å². The molecule has 2 N–H and O–H groups in total. The normalized spacial score (nSPS) is 13.6. The van der Waals surface area contributed by atoms with Crippen molar-refractivity contribution in [1.82, 2.24) is 29.6 Å². The van der Waals surface area contributed by atoms with Gasteiger partial charge in [0.2, 0.25) is 5.95 Å². The van der Waals surface area contributed by atoms with E-state index in [4.69, 9.17) is 4.98 Å². The van der Waals surface area contributed by atoms with Gasteiger partial charge in [-0.3, -0.25) is 4.79 Å². The van der Waals surface area contributed by atoms with Crippen LogP contribution in [0.15, 0.2) is 54.0 Å². The summed E-state index contributed by atoms with van der Waals surface area (Å²) in [6.45, 7) is 11.7. The minimum absolute atomic E-state index is 0.170. The van der Waals surface area contributed by atoms with Crippen LogP contribution in [0.5, 0.6) is 0 Å². The molecule has 1 aliphatic heterocycles. The number of hydrogen-bond acceptors (Lipinski definition) is 6. The largest absolute Gasteiger partial charge is 0.324 e. The highest BCUT2D eigenvalue weighted by Gasteiger charge is 2.21. The summed E-state index contributed by atoms with van der Waals surface area (Å²) in [5.41, 5.74) is 3.12. The van der Waals surface area contributed by atoms with Gasteiger partial charge in [0.05, 0.1) is 6.54 Å². The van der Waals surface area contributed by atoms with Crippen LogP contribution in [-0.4, -0.2) is 30.9 Å². The average Bonchev–Trinajstić information content (AvgIpc) is 3.10. The van der Waals surface area contributed by atoms with E-state index in [9.17, 15) is 9.18 Å². The van der Waals surface area contributed by atoms with Crippen molar-refractivity contribution < 1.29 is 4.39 Å². The molecular formula is C26H28FN7O. The summed E-state index contributed by atoms with van der Waals surface area (Å²) >= 11 is 0. The number of benzene rings is 1. The summed E-state index contributed by atoms with van der Waals surface area (Å²) in [5.74, 6) is 0.570. The highest BCUT2D eigenvalue weighted by Crippen LogP contribution is 2.26. The Morgan fingerprint density at radius 1 is 1.26 bits per heavy atom. The molecule has 0 spiro atoms. The molecule has 0 atom stereocenters. The molecule has 35 heavy (non-hydrogen) atoms. The second-order valence-corrected chi connectivity index (χ2v) is 9.70. The minimum atomic E-state index is -0.268. The van der Waals surface area contributed by atoms with Crippen LogP contribution in [0.25, 0.3) is 16.9 Å². The molecule has 180 valence electrons. The van der Waals surface area contributed by atoms with Gasteiger partial charge < -0.3 is 10.6 Å². The Kier molecular flexibility index (Phi) is 5.72. The van der Waals surface area contributed by atoms with Crippen molar-refractivity contribution in [2.24, 2.45) is 0 Å². The van der Waals surface area contributed by atoms with Gasteiger partial charge in [-0.25, -0.2) is 23.7 Å². The molecule has 0 saturated heterocycles. The molecule has 1 aromatic carbocycles. The zero-order valence-electron chi connectivity index (χ0n) is 20.1. The van der Waals surface area contributed by atoms with Crippen LogP contribution < -0.4 is 16.2 Å². The molecule has 0 unspecified atom stereocenters. The smallest absolute Gasteiger partial charge is 0.278 e. The van der Waals surface area contributed by atoms with E-state index in [0.717, 1.165) is 24.2 Å². The number of aromatic nitrogens is 5. The number of anilines is 2. The number of hydrogen-bond donors (Lipinski definition) is 2. The van der Waals surface area contributed by atoms with Gasteiger partial charge in [-0.2, -0.15) is 4.98 Å². The highest BCUT2D eigenvalue weighted by atomic mass is 19.1. The fraction of sp³-hybridized carbons (Fsp3) is 0.308. The van der Waals surface area contributed by atoms with Crippen LogP contribution in [-0.2, 0) is 24.9 Å². The lowest BCUT2D eigenvalue weighted by Crippen LogP contribution is -2.24. The van der Waals surface area contributed by atoms with Crippen molar-refractivity contribution >= 4 is 22.7 Å². The Bertz CT molecular complexity index is 1500. The number of rotatable bonds is 5. The van der Waals surface area contributed by atoms with Gasteiger partial charge in [0.1, 0.15) is 11.2 Å². The summed E-state index contributed by atoms with van der Waals surface area (Å²) in [6, 6.07) is 9.10. The van der Waals surface area contributed by atoms with Crippen molar-refractivity contribution in [2.75, 3.05) is 11.9 Å². The van der Waals surface area contributed by atoms with Crippen LogP contribution in [0.4, 0.5) is 16.0 Å². The Labute approximate surface area is 202 Å². The maximum atomic E-state index is 14.7. The minimum Gasteiger partial charge on any atom is -0.324 e. The first-order valence-electron chi connectivity index (χ1n) is 11.6. The molecule has 1 aliphatic rings. The quantitative estimate of drug-likeness (QED) is 0.426. The van der Waals surface area contributed by atoms with Crippen molar-refractivity contribution in [3.63, 3.8) is 0 Å². The lowest BCUT2D eigenvalue weighted by molar-refractivity contribution is 0.554. The summed E-state index contributed by atoms with van der Waals surface area (Å²) in [6.07, 6.45) is 3.90. The molecule has 0 saturated carbocycles. The van der Waals surface area contributed by atoms with E-state index in [1.807, 2.05) is 24.3 Å². The second-order valence-electron chi connectivity index (χ2n) is 9.70. The topological polar surface area (TPSA) is 89.7 Å². The standard InChI is InChI=1S/C26H28FN7O/c1-5-11-33-24(35)19-15-29-25(30-17-12-16-9-10-28-14-18(16)20(27)13-17)32-23(19)34(33)22-8-6-7-21(31-22)26(2,3)4/h5-8,12-13,15,28H,1,9-11,14H2,2-4H3,(H,29,30,32). The van der Waals surface area contributed by atoms with Crippen molar-refractivity contribution in [3.05, 3.63) is 82.2 Å². The maximum absolute atomic E-state index is 14.7. The van der Waals surface area contributed by atoms with E-state index < -0.39 is 0 Å². The number of pyridine rings is 1. The van der Waals surface area contributed by atoms with Crippen LogP contribution in [0.2, 0.25) is 0 Å². The number of allylic oxidation sites excluding steroid dienone is 1. The fourth-order valence-corrected chi connectivity index (χ4v) is 4.32. The third-order valence-corrected chi connectivity index (χ3v) is 6.11. The van der Waals surface area contributed by atoms with Gasteiger partial charge in [-0.15, -0.1) is 6.58 Å². The van der Waals surface area contributed by atoms with E-state index in [0.29, 0.717) is 34.6 Å². The molecule has 8 nitrogen and oxygen atoms in total. The Morgan fingerprint density at radius 2 is 2.09 bits per heavy atom.